The average molecular weight is 557 g/mol. The number of nitrogens with one attached hydrogen (secondary N) is 1. The molecule has 0 amide bonds. The van der Waals surface area contributed by atoms with Gasteiger partial charge in [0.25, 0.3) is 0 Å². The Hall–Kier alpha value is -0.0300. The predicted octanol–water partition coefficient (Wildman–Crippen LogP) is 4.28. The van der Waals surface area contributed by atoms with Gasteiger partial charge in [-0.3, -0.25) is 0 Å². The number of carbonyl (C=O) groups excluding carboxylic acids is 1. The van der Waals surface area contributed by atoms with Crippen LogP contribution < -0.4 is 5.32 Å². The van der Waals surface area contributed by atoms with E-state index in [0.717, 1.165) is 12.0 Å². The molecule has 2 N–H and O–H groups in total. The van der Waals surface area contributed by atoms with Crippen molar-refractivity contribution in [3.8, 4) is 0 Å². The zero-order valence-corrected chi connectivity index (χ0v) is 19.5. The van der Waals surface area contributed by atoms with E-state index in [9.17, 15) is 9.90 Å². The average Bonchev–Trinajstić information content (AvgIpc) is 3.28. The van der Waals surface area contributed by atoms with Gasteiger partial charge in [0.1, 0.15) is 0 Å². The van der Waals surface area contributed by atoms with Gasteiger partial charge in [0.05, 0.1) is 0 Å². The number of aliphatic hydroxyl groups is 1. The number of nitrogens with zero attached hydrogens (tertiary/aromatic N) is 2. The first-order chi connectivity index (χ1) is 13.0. The summed E-state index contributed by atoms with van der Waals surface area (Å²) >= 11 is 9.30. The summed E-state index contributed by atoms with van der Waals surface area (Å²) in [5, 5.41) is 14.8. The van der Waals surface area contributed by atoms with Crippen LogP contribution in [-0.4, -0.2) is 39.6 Å². The number of hydrogen-bond donors (Lipinski definition) is 2. The number of carbonyl (C=O) groups is 1. The molecule has 11 heteroatoms. The van der Waals surface area contributed by atoms with E-state index in [1.54, 1.807) is 6.07 Å². The van der Waals surface area contributed by atoms with Crippen molar-refractivity contribution in [2.24, 2.45) is 5.92 Å². The number of hydrogen-bond acceptors (Lipinski definition) is 8. The minimum atomic E-state index is -0.488. The monoisotopic (exact) mass is 556 g/mol. The second kappa shape index (κ2) is 10.1. The van der Waals surface area contributed by atoms with Gasteiger partial charge >= 0.3 is 166 Å². The van der Waals surface area contributed by atoms with Crippen LogP contribution in [0.2, 0.25) is 0 Å². The standard InChI is InChI=1S/C16H17ClIN3O3PS2/c17-4-9-1-14(26-7-9)15(23)12-5-19-8-20-16(12)21-11-2-10(6-22)13(3-11)24-27(18)25/h1,5,7-8,10-11,13,22H,2-4,6H2,(H,19,20,21)/q-1/t10-,11-,13+/m1/s1. The first-order valence-electron chi connectivity index (χ1n) is 8.14. The molecule has 0 spiro atoms. The molecule has 0 unspecified atom stereocenters. The van der Waals surface area contributed by atoms with Crippen LogP contribution in [0.15, 0.2) is 24.0 Å². The van der Waals surface area contributed by atoms with E-state index in [-0.39, 0.29) is 30.5 Å². The second-order valence-electron chi connectivity index (χ2n) is 6.16. The van der Waals surface area contributed by atoms with Gasteiger partial charge in [0.2, 0.25) is 0 Å². The zero-order valence-electron chi connectivity index (χ0n) is 14.0. The normalized spacial score (nSPS) is 22.3. The summed E-state index contributed by atoms with van der Waals surface area (Å²) in [5.41, 5.74) is 1.34. The molecule has 1 aliphatic carbocycles. The summed E-state index contributed by atoms with van der Waals surface area (Å²) in [6.07, 6.45) is 4.32. The topological polar surface area (TPSA) is 84.3 Å². The van der Waals surface area contributed by atoms with Crippen LogP contribution in [0, 0.1) is 5.92 Å². The van der Waals surface area contributed by atoms with Gasteiger partial charge in [-0.2, -0.15) is 0 Å². The quantitative estimate of drug-likeness (QED) is 0.174. The second-order valence-corrected chi connectivity index (χ2v) is 13.4. The number of thiophene rings is 1. The Bertz CT molecular complexity index is 891. The molecule has 3 atom stereocenters. The van der Waals surface area contributed by atoms with Crippen molar-refractivity contribution in [3.05, 3.63) is 40.0 Å². The summed E-state index contributed by atoms with van der Waals surface area (Å²) in [6, 6.07) is 1.84. The van der Waals surface area contributed by atoms with Crippen molar-refractivity contribution in [1.82, 2.24) is 9.97 Å². The van der Waals surface area contributed by atoms with Crippen LogP contribution >= 0.6 is 52.0 Å². The molecule has 2 aromatic heterocycles. The molecule has 0 bridgehead atoms. The molecule has 1 fully saturated rings. The Labute approximate surface area is 182 Å². The SMILES string of the molecule is O=C(c1cc(CCl)cs1)c1cncnc1N[C@@H]1C[C@H](CO)[C@@H](O[S-](#P)I)C1. The Balaban J connectivity index is 1.77. The van der Waals surface area contributed by atoms with Crippen molar-refractivity contribution in [2.75, 3.05) is 11.9 Å². The maximum absolute atomic E-state index is 12.9. The summed E-state index contributed by atoms with van der Waals surface area (Å²) in [7, 11) is 3.80. The number of rotatable bonds is 7. The molecule has 1 saturated carbocycles. The summed E-state index contributed by atoms with van der Waals surface area (Å²) in [4.78, 5) is 21.8. The third-order valence-electron chi connectivity index (χ3n) is 4.40. The van der Waals surface area contributed by atoms with Crippen molar-refractivity contribution in [1.29, 1.82) is 0 Å². The molecule has 27 heavy (non-hydrogen) atoms. The summed E-state index contributed by atoms with van der Waals surface area (Å²) in [5.74, 6) is 0.769. The van der Waals surface area contributed by atoms with Gasteiger partial charge in [-0.05, 0) is 0 Å². The van der Waals surface area contributed by atoms with Crippen molar-refractivity contribution >= 4 is 70.9 Å². The van der Waals surface area contributed by atoms with Gasteiger partial charge in [0, 0.05) is 5.88 Å². The van der Waals surface area contributed by atoms with Gasteiger partial charge in [-0.1, -0.05) is 0 Å². The molecular formula is C16H17ClIN3O3PS2-. The number of ketones is 1. The number of anilines is 1. The molecule has 0 saturated heterocycles. The van der Waals surface area contributed by atoms with Gasteiger partial charge in [0.15, 0.2) is 0 Å². The summed E-state index contributed by atoms with van der Waals surface area (Å²) < 4.78 is 5.81. The first-order valence-corrected chi connectivity index (χ1v) is 14.3. The molecule has 2 heterocycles. The molecule has 0 aromatic carbocycles. The molecule has 3 rings (SSSR count). The number of halogens is 2. The van der Waals surface area contributed by atoms with E-state index in [4.69, 9.17) is 15.8 Å². The molecule has 1 aliphatic rings. The molecule has 0 aliphatic heterocycles. The molecule has 146 valence electrons. The van der Waals surface area contributed by atoms with E-state index in [0.29, 0.717) is 28.6 Å². The maximum atomic E-state index is 12.9. The fourth-order valence-electron chi connectivity index (χ4n) is 3.12. The van der Waals surface area contributed by atoms with Crippen LogP contribution in [0.4, 0.5) is 5.82 Å². The third-order valence-corrected chi connectivity index (χ3v) is 6.97. The molecule has 2 aromatic rings. The van der Waals surface area contributed by atoms with Gasteiger partial charge < -0.3 is 0 Å². The number of aliphatic hydroxyl groups excluding tert-OH is 1. The van der Waals surface area contributed by atoms with Crippen molar-refractivity contribution in [3.63, 3.8) is 0 Å². The van der Waals surface area contributed by atoms with E-state index in [1.165, 1.54) is 23.9 Å². The Morgan fingerprint density at radius 1 is 1.56 bits per heavy atom. The van der Waals surface area contributed by atoms with Gasteiger partial charge in [-0.25, -0.2) is 0 Å². The van der Waals surface area contributed by atoms with E-state index in [1.807, 2.05) is 5.38 Å². The van der Waals surface area contributed by atoms with Crippen molar-refractivity contribution < 1.29 is 14.1 Å². The summed E-state index contributed by atoms with van der Waals surface area (Å²) in [6.45, 7) is 0.0520. The van der Waals surface area contributed by atoms with E-state index < -0.39 is 7.32 Å². The minimum absolute atomic E-state index is 0.0315. The van der Waals surface area contributed by atoms with E-state index >= 15 is 0 Å². The van der Waals surface area contributed by atoms with E-state index in [2.05, 4.69) is 44.3 Å². The van der Waals surface area contributed by atoms with Crippen molar-refractivity contribution in [2.45, 2.75) is 30.9 Å². The molecule has 0 radical (unpaired) electrons. The van der Waals surface area contributed by atoms with Crippen LogP contribution in [0.1, 0.15) is 33.6 Å². The Morgan fingerprint density at radius 2 is 2.37 bits per heavy atom. The fourth-order valence-corrected chi connectivity index (χ4v) is 5.80. The van der Waals surface area contributed by atoms with Crippen LogP contribution in [-0.2, 0) is 17.4 Å². The first kappa shape index (κ1) is 21.7. The third kappa shape index (κ3) is 5.52. The molecule has 6 nitrogen and oxygen atoms in total. The zero-order chi connectivity index (χ0) is 19.4. The van der Waals surface area contributed by atoms with Crippen LogP contribution in [0.25, 0.3) is 0 Å². The Kier molecular flexibility index (Phi) is 8.14. The number of alkyl halides is 1. The number of aromatic nitrogens is 2. The predicted molar refractivity (Wildman–Crippen MR) is 120 cm³/mol. The van der Waals surface area contributed by atoms with Gasteiger partial charge in [-0.15, -0.1) is 11.6 Å². The fraction of sp³-hybridized carbons (Fsp3) is 0.438. The van der Waals surface area contributed by atoms with Crippen LogP contribution in [0.3, 0.4) is 0 Å². The Morgan fingerprint density at radius 3 is 3.04 bits per heavy atom. The van der Waals surface area contributed by atoms with Crippen LogP contribution in [0.5, 0.6) is 0 Å². The molecular weight excluding hydrogens is 540 g/mol.